The minimum atomic E-state index is -2.14. The number of amides is 1. The molecular formula is C22H33NO3S2. The standard InChI is InChI=1S/C22H33NO3S2/c1-16(11-12-19-18(3)10-7-13-22(19,4)5)8-6-9-17(2)14-20(24)23-21(15-27)28(25)26/h6,8-9,11-12,14,21,27H,7,10,13,15H2,1-5H3,(H,23,24)(H,25,26)/b9-6?,12-11?,16-8?,17-14-/t21-/m1/s1. The van der Waals surface area contributed by atoms with E-state index in [1.165, 1.54) is 36.5 Å². The summed E-state index contributed by atoms with van der Waals surface area (Å²) in [7, 11) is 0. The summed E-state index contributed by atoms with van der Waals surface area (Å²) >= 11 is 1.81. The minimum Gasteiger partial charge on any atom is -0.335 e. The summed E-state index contributed by atoms with van der Waals surface area (Å²) in [5.41, 5.74) is 5.01. The molecule has 0 aliphatic heterocycles. The Hall–Kier alpha value is -1.37. The predicted octanol–water partition coefficient (Wildman–Crippen LogP) is 5.11. The number of rotatable bonds is 8. The third-order valence-electron chi connectivity index (χ3n) is 4.84. The van der Waals surface area contributed by atoms with Gasteiger partial charge in [-0.25, -0.2) is 4.21 Å². The number of hydrogen-bond acceptors (Lipinski definition) is 3. The molecule has 0 fully saturated rings. The lowest BCUT2D eigenvalue weighted by Crippen LogP contribution is -2.38. The first kappa shape index (κ1) is 24.7. The van der Waals surface area contributed by atoms with Crippen molar-refractivity contribution in [3.63, 3.8) is 0 Å². The molecule has 1 amide bonds. The van der Waals surface area contributed by atoms with Crippen molar-refractivity contribution in [2.45, 2.75) is 59.3 Å². The van der Waals surface area contributed by atoms with Gasteiger partial charge in [-0.1, -0.05) is 55.4 Å². The zero-order chi connectivity index (χ0) is 21.3. The third-order valence-corrected chi connectivity index (χ3v) is 6.23. The molecule has 0 saturated heterocycles. The van der Waals surface area contributed by atoms with Gasteiger partial charge < -0.3 is 9.87 Å². The molecule has 0 bridgehead atoms. The van der Waals surface area contributed by atoms with E-state index in [-0.39, 0.29) is 11.2 Å². The highest BCUT2D eigenvalue weighted by molar-refractivity contribution is 7.84. The van der Waals surface area contributed by atoms with Gasteiger partial charge in [0.2, 0.25) is 5.91 Å². The van der Waals surface area contributed by atoms with E-state index in [4.69, 9.17) is 4.55 Å². The lowest BCUT2D eigenvalue weighted by Gasteiger charge is -2.32. The van der Waals surface area contributed by atoms with Gasteiger partial charge in [-0.15, -0.1) is 0 Å². The van der Waals surface area contributed by atoms with Crippen LogP contribution in [0, 0.1) is 5.41 Å². The van der Waals surface area contributed by atoms with Gasteiger partial charge in [0.05, 0.1) is 0 Å². The molecule has 0 heterocycles. The maximum atomic E-state index is 11.9. The number of allylic oxidation sites excluding steroid dienone is 9. The van der Waals surface area contributed by atoms with Crippen LogP contribution in [-0.2, 0) is 15.9 Å². The van der Waals surface area contributed by atoms with E-state index < -0.39 is 22.4 Å². The summed E-state index contributed by atoms with van der Waals surface area (Å²) in [6, 6.07) is 0. The van der Waals surface area contributed by atoms with Crippen molar-refractivity contribution in [1.29, 1.82) is 0 Å². The lowest BCUT2D eigenvalue weighted by molar-refractivity contribution is -0.116. The average Bonchev–Trinajstić information content (AvgIpc) is 2.58. The second kappa shape index (κ2) is 11.6. The molecule has 2 N–H and O–H groups in total. The smallest absolute Gasteiger partial charge is 0.245 e. The van der Waals surface area contributed by atoms with Crippen LogP contribution < -0.4 is 5.32 Å². The molecule has 156 valence electrons. The quantitative estimate of drug-likeness (QED) is 0.220. The van der Waals surface area contributed by atoms with Crippen LogP contribution in [0.1, 0.15) is 53.9 Å². The molecule has 1 aliphatic carbocycles. The highest BCUT2D eigenvalue weighted by Crippen LogP contribution is 2.40. The van der Waals surface area contributed by atoms with Crippen molar-refractivity contribution in [3.05, 3.63) is 58.7 Å². The Kier molecular flexibility index (Phi) is 10.2. The van der Waals surface area contributed by atoms with Gasteiger partial charge in [0.15, 0.2) is 11.1 Å². The maximum absolute atomic E-state index is 11.9. The molecule has 1 unspecified atom stereocenters. The van der Waals surface area contributed by atoms with Crippen molar-refractivity contribution < 1.29 is 13.6 Å². The molecule has 4 nitrogen and oxygen atoms in total. The Morgan fingerprint density at radius 3 is 2.57 bits per heavy atom. The van der Waals surface area contributed by atoms with Crippen molar-refractivity contribution in [3.8, 4) is 0 Å². The molecule has 1 rings (SSSR count). The minimum absolute atomic E-state index is 0.0958. The van der Waals surface area contributed by atoms with Gasteiger partial charge in [-0.2, -0.15) is 12.6 Å². The van der Waals surface area contributed by atoms with E-state index in [1.807, 2.05) is 25.2 Å². The molecule has 28 heavy (non-hydrogen) atoms. The average molecular weight is 424 g/mol. The van der Waals surface area contributed by atoms with Crippen molar-refractivity contribution in [1.82, 2.24) is 5.32 Å². The summed E-state index contributed by atoms with van der Waals surface area (Å²) in [5.74, 6) is -0.315. The molecular weight excluding hydrogens is 390 g/mol. The summed E-state index contributed by atoms with van der Waals surface area (Å²) in [6.07, 6.45) is 15.1. The van der Waals surface area contributed by atoms with Gasteiger partial charge >= 0.3 is 0 Å². The first-order valence-corrected chi connectivity index (χ1v) is 11.3. The fourth-order valence-electron chi connectivity index (χ4n) is 3.25. The van der Waals surface area contributed by atoms with E-state index in [2.05, 4.69) is 50.9 Å². The number of carbonyl (C=O) groups excluding carboxylic acids is 1. The second-order valence-corrected chi connectivity index (χ2v) is 9.37. The van der Waals surface area contributed by atoms with Crippen LogP contribution in [0.5, 0.6) is 0 Å². The highest BCUT2D eigenvalue weighted by Gasteiger charge is 2.26. The Morgan fingerprint density at radius 2 is 2.00 bits per heavy atom. The zero-order valence-electron chi connectivity index (χ0n) is 17.5. The summed E-state index contributed by atoms with van der Waals surface area (Å²) in [4.78, 5) is 11.9. The van der Waals surface area contributed by atoms with Crippen LogP contribution in [0.3, 0.4) is 0 Å². The highest BCUT2D eigenvalue weighted by atomic mass is 32.2. The largest absolute Gasteiger partial charge is 0.335 e. The van der Waals surface area contributed by atoms with E-state index in [9.17, 15) is 9.00 Å². The predicted molar refractivity (Wildman–Crippen MR) is 123 cm³/mol. The van der Waals surface area contributed by atoms with Gasteiger partial charge in [-0.3, -0.25) is 4.79 Å². The Balaban J connectivity index is 2.72. The maximum Gasteiger partial charge on any atom is 0.245 e. The third kappa shape index (κ3) is 8.33. The van der Waals surface area contributed by atoms with Crippen molar-refractivity contribution in [2.24, 2.45) is 5.41 Å². The fourth-order valence-corrected chi connectivity index (χ4v) is 4.07. The summed E-state index contributed by atoms with van der Waals surface area (Å²) in [6.45, 7) is 10.7. The van der Waals surface area contributed by atoms with Crippen LogP contribution in [-0.4, -0.2) is 25.8 Å². The molecule has 0 radical (unpaired) electrons. The molecule has 0 saturated carbocycles. The second-order valence-electron chi connectivity index (χ2n) is 7.88. The number of carbonyl (C=O) groups is 1. The first-order valence-electron chi connectivity index (χ1n) is 9.49. The molecule has 0 spiro atoms. The number of hydrogen-bond donors (Lipinski definition) is 3. The molecule has 0 aromatic rings. The Bertz CT molecular complexity index is 743. The molecule has 1 aliphatic rings. The van der Waals surface area contributed by atoms with E-state index in [0.717, 1.165) is 11.1 Å². The topological polar surface area (TPSA) is 66.4 Å². The van der Waals surface area contributed by atoms with Crippen molar-refractivity contribution >= 4 is 29.6 Å². The Labute approximate surface area is 177 Å². The van der Waals surface area contributed by atoms with Gasteiger partial charge in [0, 0.05) is 11.8 Å². The van der Waals surface area contributed by atoms with Crippen LogP contribution in [0.25, 0.3) is 0 Å². The first-order chi connectivity index (χ1) is 13.1. The number of thiol groups is 1. The zero-order valence-corrected chi connectivity index (χ0v) is 19.2. The summed E-state index contributed by atoms with van der Waals surface area (Å²) < 4.78 is 20.1. The molecule has 0 aromatic heterocycles. The van der Waals surface area contributed by atoms with Crippen LogP contribution in [0.2, 0.25) is 0 Å². The normalized spacial score (nSPS) is 20.7. The van der Waals surface area contributed by atoms with Gasteiger partial charge in [0.25, 0.3) is 0 Å². The number of nitrogens with one attached hydrogen (secondary N) is 1. The lowest BCUT2D eigenvalue weighted by atomic mass is 9.72. The van der Waals surface area contributed by atoms with Crippen molar-refractivity contribution in [2.75, 3.05) is 5.75 Å². The van der Waals surface area contributed by atoms with Crippen LogP contribution in [0.15, 0.2) is 58.7 Å². The van der Waals surface area contributed by atoms with Gasteiger partial charge in [-0.05, 0) is 56.6 Å². The van der Waals surface area contributed by atoms with Crippen LogP contribution in [0.4, 0.5) is 0 Å². The molecule has 0 aromatic carbocycles. The van der Waals surface area contributed by atoms with E-state index in [1.54, 1.807) is 6.92 Å². The van der Waals surface area contributed by atoms with E-state index in [0.29, 0.717) is 0 Å². The summed E-state index contributed by atoms with van der Waals surface area (Å²) in [5, 5.41) is 1.58. The fraction of sp³-hybridized carbons (Fsp3) is 0.500. The molecule has 2 atom stereocenters. The molecule has 6 heteroatoms. The SMILES string of the molecule is CC(C=CC1=C(C)CCCC1(C)C)=CC=C/C(C)=C\C(=O)N[C@@H](CS)S(=O)O. The van der Waals surface area contributed by atoms with Crippen LogP contribution >= 0.6 is 12.6 Å². The van der Waals surface area contributed by atoms with Gasteiger partial charge in [0.1, 0.15) is 5.37 Å². The van der Waals surface area contributed by atoms with E-state index >= 15 is 0 Å². The Morgan fingerprint density at radius 1 is 1.32 bits per heavy atom. The monoisotopic (exact) mass is 423 g/mol.